The fourth-order valence-electron chi connectivity index (χ4n) is 8.54. The van der Waals surface area contributed by atoms with Crippen molar-refractivity contribution in [1.29, 1.82) is 0 Å². The predicted octanol–water partition coefficient (Wildman–Crippen LogP) is 8.72. The Morgan fingerprint density at radius 1 is 0.972 bits per heavy atom. The van der Waals surface area contributed by atoms with Crippen LogP contribution in [0.4, 0.5) is 30.2 Å². The summed E-state index contributed by atoms with van der Waals surface area (Å²) in [5, 5.41) is 16.2. The summed E-state index contributed by atoms with van der Waals surface area (Å²) in [7, 11) is 0. The summed E-state index contributed by atoms with van der Waals surface area (Å²) < 4.78 is 52.8. The number of aliphatic hydroxyl groups is 1. The van der Waals surface area contributed by atoms with E-state index in [4.69, 9.17) is 28.3 Å². The number of amides is 4. The number of aliphatic hydroxyl groups excluding tert-OH is 1. The maximum Gasteiger partial charge on any atom is 0.407 e. The summed E-state index contributed by atoms with van der Waals surface area (Å²) in [5.74, 6) is -1.79. The van der Waals surface area contributed by atoms with Crippen molar-refractivity contribution in [3.05, 3.63) is 100 Å². The molecular weight excluding hydrogens is 972 g/mol. The number of hydrogen-bond acceptors (Lipinski definition) is 11. The molecule has 2 fully saturated rings. The van der Waals surface area contributed by atoms with Crippen LogP contribution in [0.5, 0.6) is 5.75 Å². The summed E-state index contributed by atoms with van der Waals surface area (Å²) in [6, 6.07) is 15.7. The van der Waals surface area contributed by atoms with Crippen LogP contribution in [0.3, 0.4) is 0 Å². The van der Waals surface area contributed by atoms with E-state index in [1.807, 2.05) is 31.2 Å². The smallest absolute Gasteiger partial charge is 0.407 e. The average molecular weight is 1030 g/mol. The van der Waals surface area contributed by atoms with Crippen molar-refractivity contribution in [3.63, 3.8) is 0 Å². The number of halogens is 3. The Morgan fingerprint density at radius 3 is 2.28 bits per heavy atom. The number of ketones is 1. The molecule has 4 aromatic rings. The molecule has 3 aromatic carbocycles. The van der Waals surface area contributed by atoms with Crippen molar-refractivity contribution in [2.75, 3.05) is 36.2 Å². The lowest BCUT2D eigenvalue weighted by atomic mass is 9.85. The minimum atomic E-state index is -4.80. The molecule has 3 atom stereocenters. The molecule has 1 aromatic heterocycles. The monoisotopic (exact) mass is 1030 g/mol. The Kier molecular flexibility index (Phi) is 18.0. The van der Waals surface area contributed by atoms with Gasteiger partial charge in [0.05, 0.1) is 47.3 Å². The number of carbonyl (C=O) groups is 5. The van der Waals surface area contributed by atoms with Crippen LogP contribution in [0.15, 0.2) is 72.2 Å². The molecule has 0 aliphatic carbocycles. The van der Waals surface area contributed by atoms with Gasteiger partial charge in [0.2, 0.25) is 17.7 Å². The first-order chi connectivity index (χ1) is 34.0. The number of nitrogens with one attached hydrogen (secondary N) is 2. The number of thiazole rings is 1. The average Bonchev–Trinajstić information content (AvgIpc) is 3.99. The number of Topliss-reactive ketones (excluding diaryl/α,β-unsaturated/α-hetero) is 1. The number of carbonyl (C=O) groups excluding carboxylic acids is 5. The van der Waals surface area contributed by atoms with E-state index in [9.17, 15) is 42.3 Å². The van der Waals surface area contributed by atoms with Gasteiger partial charge in [0.25, 0.3) is 5.91 Å². The molecule has 0 saturated carbocycles. The first-order valence-electron chi connectivity index (χ1n) is 23.7. The molecule has 3 N–H and O–H groups in total. The van der Waals surface area contributed by atoms with Gasteiger partial charge in [-0.15, -0.1) is 11.3 Å². The van der Waals surface area contributed by atoms with Gasteiger partial charge in [-0.25, -0.2) is 9.83 Å². The number of hydrogen-bond donors (Lipinski definition) is 3. The van der Waals surface area contributed by atoms with Crippen LogP contribution < -0.4 is 25.2 Å². The topological polar surface area (TPSA) is 175 Å². The number of aromatic nitrogens is 1. The molecule has 2 aliphatic rings. The number of thiocarbonyl (C=S) groups is 1. The number of alkyl halides is 3. The maximum absolute atomic E-state index is 14.0. The number of benzene rings is 3. The van der Waals surface area contributed by atoms with E-state index >= 15 is 0 Å². The van der Waals surface area contributed by atoms with E-state index in [0.29, 0.717) is 37.7 Å². The first kappa shape index (κ1) is 55.1. The molecule has 15 nitrogen and oxygen atoms in total. The summed E-state index contributed by atoms with van der Waals surface area (Å²) in [4.78, 5) is 79.1. The number of likely N-dealkylation sites (tertiary alicyclic amines) is 1. The lowest BCUT2D eigenvalue weighted by Crippen LogP contribution is -2.57. The maximum atomic E-state index is 14.0. The van der Waals surface area contributed by atoms with Gasteiger partial charge in [0.15, 0.2) is 10.8 Å². The zero-order valence-electron chi connectivity index (χ0n) is 41.1. The number of rotatable bonds is 21. The molecule has 0 unspecified atom stereocenters. The highest BCUT2D eigenvalue weighted by molar-refractivity contribution is 7.81. The fraction of sp³-hybridized carbons (Fsp3) is 0.462. The number of β-amino-alcohol motifs (C(OH)–C–C–N with tert-alkyl or cyclic N) is 1. The van der Waals surface area contributed by atoms with Gasteiger partial charge in [-0.05, 0) is 112 Å². The van der Waals surface area contributed by atoms with Crippen LogP contribution in [0.2, 0.25) is 0 Å². The second kappa shape index (κ2) is 23.5. The third kappa shape index (κ3) is 13.4. The number of nitrogens with zero attached hydrogens (tertiary/aromatic N) is 5. The molecule has 0 bridgehead atoms. The van der Waals surface area contributed by atoms with E-state index in [-0.39, 0.29) is 42.5 Å². The molecule has 2 saturated heterocycles. The van der Waals surface area contributed by atoms with E-state index in [1.165, 1.54) is 11.0 Å². The van der Waals surface area contributed by atoms with Crippen LogP contribution in [0.1, 0.15) is 96.4 Å². The van der Waals surface area contributed by atoms with Gasteiger partial charge < -0.3 is 35.0 Å². The predicted molar refractivity (Wildman–Crippen MR) is 271 cm³/mol. The standard InChI is InChI=1S/C52H60F3N7O8S2/c1-32-44(72-31-58-32)34-15-13-33(14-16-34)29-57-46(66)42-27-38(64)30-60(42)47(67)45(50(2,3)4)59-43(65)28-37(63)12-11-24-69-23-9-8-10-25-70-39-20-17-35(18-21-39)62-49(71)61(48(68)51(62,5)6)36-19-22-41(56-7)40(26-36)52(53,54)55/h13-22,26,31,38,42,45,64H,8-12,23-25,27-30H2,1-6H3,(H,57,66)(H,59,65)/t38-,42+,45-/m1/s1. The highest BCUT2D eigenvalue weighted by atomic mass is 32.1. The Morgan fingerprint density at radius 2 is 1.64 bits per heavy atom. The van der Waals surface area contributed by atoms with E-state index in [2.05, 4.69) is 20.5 Å². The van der Waals surface area contributed by atoms with Crippen LogP contribution in [-0.2, 0) is 41.4 Å². The van der Waals surface area contributed by atoms with Crippen molar-refractivity contribution >= 4 is 75.1 Å². The SMILES string of the molecule is [C-]#[N+]c1ccc(N2C(=O)C(C)(C)N(c3ccc(OCCCCCOCCCC(=O)CC(=O)N[C@H](C(=O)N4C[C@H](O)C[C@H]4C(=O)NCc4ccc(-c5scnc5C)cc4)C(C)(C)C)cc3)C2=S)cc1C(F)(F)F. The number of anilines is 2. The zero-order valence-corrected chi connectivity index (χ0v) is 42.8. The highest BCUT2D eigenvalue weighted by Crippen LogP contribution is 2.42. The molecule has 4 amide bonds. The van der Waals surface area contributed by atoms with Crippen LogP contribution >= 0.6 is 23.6 Å². The highest BCUT2D eigenvalue weighted by Gasteiger charge is 2.51. The summed E-state index contributed by atoms with van der Waals surface area (Å²) in [5.41, 5.74) is 1.35. The van der Waals surface area contributed by atoms with Crippen LogP contribution in [0, 0.1) is 18.9 Å². The van der Waals surface area contributed by atoms with Gasteiger partial charge in [-0.3, -0.25) is 28.9 Å². The minimum absolute atomic E-state index is 0.00407. The van der Waals surface area contributed by atoms with E-state index in [0.717, 1.165) is 58.0 Å². The number of aryl methyl sites for hydroxylation is 1. The molecule has 0 radical (unpaired) electrons. The molecule has 384 valence electrons. The number of ether oxygens (including phenoxy) is 2. The first-order valence-corrected chi connectivity index (χ1v) is 24.9. The van der Waals surface area contributed by atoms with E-state index in [1.54, 1.807) is 80.6 Å². The lowest BCUT2D eigenvalue weighted by Gasteiger charge is -2.35. The van der Waals surface area contributed by atoms with Gasteiger partial charge in [-0.1, -0.05) is 51.1 Å². The summed E-state index contributed by atoms with van der Waals surface area (Å²) in [6.45, 7) is 19.0. The van der Waals surface area contributed by atoms with E-state index < -0.39 is 76.6 Å². The molecule has 3 heterocycles. The van der Waals surface area contributed by atoms with Crippen molar-refractivity contribution < 1.29 is 51.7 Å². The van der Waals surface area contributed by atoms with Crippen molar-refractivity contribution in [2.45, 2.75) is 123 Å². The molecule has 2 aliphatic heterocycles. The molecular formula is C52H60F3N7O8S2. The van der Waals surface area contributed by atoms with Crippen molar-refractivity contribution in [2.24, 2.45) is 5.41 Å². The van der Waals surface area contributed by atoms with Gasteiger partial charge in [-0.2, -0.15) is 13.2 Å². The molecule has 0 spiro atoms. The van der Waals surface area contributed by atoms with Crippen LogP contribution in [0.25, 0.3) is 15.3 Å². The molecule has 6 rings (SSSR count). The Bertz CT molecular complexity index is 2660. The van der Waals surface area contributed by atoms with Gasteiger partial charge in [0, 0.05) is 50.5 Å². The summed E-state index contributed by atoms with van der Waals surface area (Å²) >= 11 is 7.18. The second-order valence-electron chi connectivity index (χ2n) is 19.4. The molecule has 72 heavy (non-hydrogen) atoms. The Balaban J connectivity index is 0.866. The quantitative estimate of drug-likeness (QED) is 0.0315. The third-order valence-corrected chi connectivity index (χ3v) is 13.8. The van der Waals surface area contributed by atoms with Crippen molar-refractivity contribution in [1.82, 2.24) is 20.5 Å². The molecule has 20 heteroatoms. The minimum Gasteiger partial charge on any atom is -0.494 e. The number of unbranched alkanes of at least 4 members (excludes halogenated alkanes) is 2. The van der Waals surface area contributed by atoms with Gasteiger partial charge >= 0.3 is 6.18 Å². The largest absolute Gasteiger partial charge is 0.494 e. The van der Waals surface area contributed by atoms with Gasteiger partial charge in [0.1, 0.15) is 29.2 Å². The Hall–Kier alpha value is -6.27. The Labute approximate surface area is 426 Å². The summed E-state index contributed by atoms with van der Waals surface area (Å²) in [6.07, 6.45) is -3.29. The van der Waals surface area contributed by atoms with Crippen LogP contribution in [-0.4, -0.2) is 99.6 Å². The normalized spacial score (nSPS) is 17.2. The second-order valence-corrected chi connectivity index (χ2v) is 20.6. The third-order valence-electron chi connectivity index (χ3n) is 12.4. The fourth-order valence-corrected chi connectivity index (χ4v) is 9.88. The zero-order chi connectivity index (χ0) is 52.5. The lowest BCUT2D eigenvalue weighted by molar-refractivity contribution is -0.144. The van der Waals surface area contributed by atoms with Crippen molar-refractivity contribution in [3.8, 4) is 16.2 Å².